The van der Waals surface area contributed by atoms with Gasteiger partial charge in [-0.3, -0.25) is 19.3 Å². The molecule has 1 aliphatic heterocycles. The molecule has 1 N–H and O–H groups in total. The van der Waals surface area contributed by atoms with Gasteiger partial charge >= 0.3 is 0 Å². The van der Waals surface area contributed by atoms with Gasteiger partial charge in [-0.2, -0.15) is 0 Å². The fraction of sp³-hybridized carbons (Fsp3) is 0.227. The molecule has 0 aliphatic carbocycles. The summed E-state index contributed by atoms with van der Waals surface area (Å²) in [6.07, 6.45) is 1.88. The number of thioether (sulfide) groups is 1. The topological polar surface area (TPSA) is 75.7 Å². The minimum atomic E-state index is -0.334. The van der Waals surface area contributed by atoms with Gasteiger partial charge < -0.3 is 10.1 Å². The number of aryl methyl sites for hydroxylation is 1. The first kappa shape index (κ1) is 20.7. The second-order valence-electron chi connectivity index (χ2n) is 6.58. The fourth-order valence-corrected chi connectivity index (χ4v) is 3.76. The molecule has 0 bridgehead atoms. The first-order valence-electron chi connectivity index (χ1n) is 9.18. The lowest BCUT2D eigenvalue weighted by Gasteiger charge is -2.13. The first-order chi connectivity index (χ1) is 14.0. The van der Waals surface area contributed by atoms with Crippen LogP contribution in [0.15, 0.2) is 53.4 Å². The molecule has 1 heterocycles. The zero-order valence-corrected chi connectivity index (χ0v) is 17.1. The summed E-state index contributed by atoms with van der Waals surface area (Å²) in [6.45, 7) is 2.32. The fourth-order valence-electron chi connectivity index (χ4n) is 2.90. The van der Waals surface area contributed by atoms with Gasteiger partial charge in [0.2, 0.25) is 5.91 Å². The predicted octanol–water partition coefficient (Wildman–Crippen LogP) is 3.40. The quantitative estimate of drug-likeness (QED) is 0.708. The highest BCUT2D eigenvalue weighted by Gasteiger charge is 2.34. The third-order valence-corrected chi connectivity index (χ3v) is 5.36. The predicted molar refractivity (Wildman–Crippen MR) is 114 cm³/mol. The van der Waals surface area contributed by atoms with Crippen molar-refractivity contribution >= 4 is 34.9 Å². The van der Waals surface area contributed by atoms with Gasteiger partial charge in [0.15, 0.2) is 0 Å². The first-order valence-corrected chi connectivity index (χ1v) is 10.00. The maximum absolute atomic E-state index is 12.5. The number of nitrogens with zero attached hydrogens (tertiary/aromatic N) is 1. The Morgan fingerprint density at radius 3 is 2.59 bits per heavy atom. The average molecular weight is 410 g/mol. The molecule has 1 saturated heterocycles. The molecular formula is C22H22N2O4S. The molecule has 2 aromatic rings. The minimum Gasteiger partial charge on any atom is -0.496 e. The number of carbonyl (C=O) groups is 3. The summed E-state index contributed by atoms with van der Waals surface area (Å²) >= 11 is 0.917. The van der Waals surface area contributed by atoms with Crippen LogP contribution in [0.2, 0.25) is 0 Å². The van der Waals surface area contributed by atoms with Crippen LogP contribution in [0.1, 0.15) is 16.7 Å². The maximum atomic E-state index is 12.5. The van der Waals surface area contributed by atoms with Crippen LogP contribution in [0.3, 0.4) is 0 Å². The molecule has 0 unspecified atom stereocenters. The van der Waals surface area contributed by atoms with E-state index >= 15 is 0 Å². The van der Waals surface area contributed by atoms with Gasteiger partial charge in [0.25, 0.3) is 11.1 Å². The molecule has 3 amide bonds. The van der Waals surface area contributed by atoms with E-state index < -0.39 is 0 Å². The molecule has 0 atom stereocenters. The van der Waals surface area contributed by atoms with Crippen molar-refractivity contribution in [3.63, 3.8) is 0 Å². The smallest absolute Gasteiger partial charge is 0.293 e. The van der Waals surface area contributed by atoms with Gasteiger partial charge in [-0.1, -0.05) is 48.0 Å². The van der Waals surface area contributed by atoms with Crippen molar-refractivity contribution in [2.45, 2.75) is 13.3 Å². The average Bonchev–Trinajstić information content (AvgIpc) is 2.97. The number of para-hydroxylation sites is 1. The number of benzene rings is 2. The van der Waals surface area contributed by atoms with Gasteiger partial charge in [0, 0.05) is 18.7 Å². The summed E-state index contributed by atoms with van der Waals surface area (Å²) in [5, 5.41) is 2.43. The number of hydrogen-bond acceptors (Lipinski definition) is 5. The molecule has 150 valence electrons. The second kappa shape index (κ2) is 9.43. The summed E-state index contributed by atoms with van der Waals surface area (Å²) in [5.74, 6) is 0.117. The Hall–Kier alpha value is -3.06. The molecule has 29 heavy (non-hydrogen) atoms. The number of carbonyl (C=O) groups excluding carboxylic acids is 3. The molecule has 0 spiro atoms. The van der Waals surface area contributed by atoms with Gasteiger partial charge in [-0.05, 0) is 36.4 Å². The highest BCUT2D eigenvalue weighted by atomic mass is 32.2. The molecule has 0 radical (unpaired) electrons. The lowest BCUT2D eigenvalue weighted by molar-refractivity contribution is -0.124. The molecule has 2 aromatic carbocycles. The van der Waals surface area contributed by atoms with E-state index in [4.69, 9.17) is 4.74 Å². The summed E-state index contributed by atoms with van der Waals surface area (Å²) in [4.78, 5) is 38.4. The van der Waals surface area contributed by atoms with Crippen molar-refractivity contribution in [3.05, 3.63) is 70.1 Å². The Morgan fingerprint density at radius 1 is 1.14 bits per heavy atom. The number of hydrogen-bond donors (Lipinski definition) is 1. The highest BCUT2D eigenvalue weighted by Crippen LogP contribution is 2.31. The molecule has 3 rings (SSSR count). The Labute approximate surface area is 173 Å². The summed E-state index contributed by atoms with van der Waals surface area (Å²) in [6, 6.07) is 15.0. The Balaban J connectivity index is 1.54. The Morgan fingerprint density at radius 2 is 1.86 bits per heavy atom. The SMILES string of the molecule is COc1ccccc1CC(=O)NCCN1C(=O)SC(=Cc2ccc(C)cc2)C1=O. The van der Waals surface area contributed by atoms with Crippen LogP contribution in [0, 0.1) is 6.92 Å². The second-order valence-corrected chi connectivity index (χ2v) is 7.58. The van der Waals surface area contributed by atoms with E-state index in [2.05, 4.69) is 5.32 Å². The third-order valence-electron chi connectivity index (χ3n) is 4.45. The number of rotatable bonds is 7. The molecule has 1 aliphatic rings. The van der Waals surface area contributed by atoms with Crippen LogP contribution < -0.4 is 10.1 Å². The molecular weight excluding hydrogens is 388 g/mol. The number of nitrogens with one attached hydrogen (secondary N) is 1. The molecule has 1 fully saturated rings. The number of amides is 3. The van der Waals surface area contributed by atoms with E-state index in [9.17, 15) is 14.4 Å². The molecule has 0 saturated carbocycles. The van der Waals surface area contributed by atoms with E-state index in [1.807, 2.05) is 49.4 Å². The standard InChI is InChI=1S/C22H22N2O4S/c1-15-7-9-16(10-8-15)13-19-21(26)24(22(27)29-19)12-11-23-20(25)14-17-5-3-4-6-18(17)28-2/h3-10,13H,11-12,14H2,1-2H3,(H,23,25). The minimum absolute atomic E-state index is 0.133. The Kier molecular flexibility index (Phi) is 6.72. The number of methoxy groups -OCH3 is 1. The van der Waals surface area contributed by atoms with Gasteiger partial charge in [0.05, 0.1) is 18.4 Å². The largest absolute Gasteiger partial charge is 0.496 e. The van der Waals surface area contributed by atoms with Crippen molar-refractivity contribution in [2.24, 2.45) is 0 Å². The van der Waals surface area contributed by atoms with Crippen LogP contribution in [0.25, 0.3) is 6.08 Å². The highest BCUT2D eigenvalue weighted by molar-refractivity contribution is 8.18. The lowest BCUT2D eigenvalue weighted by atomic mass is 10.1. The molecule has 7 heteroatoms. The van der Waals surface area contributed by atoms with E-state index in [1.54, 1.807) is 19.3 Å². The van der Waals surface area contributed by atoms with Gasteiger partial charge in [0.1, 0.15) is 5.75 Å². The van der Waals surface area contributed by atoms with Crippen molar-refractivity contribution in [2.75, 3.05) is 20.2 Å². The van der Waals surface area contributed by atoms with Crippen LogP contribution in [-0.2, 0) is 16.0 Å². The number of ether oxygens (including phenoxy) is 1. The van der Waals surface area contributed by atoms with Crippen molar-refractivity contribution in [3.8, 4) is 5.75 Å². The van der Waals surface area contributed by atoms with E-state index in [0.717, 1.165) is 33.4 Å². The van der Waals surface area contributed by atoms with E-state index in [1.165, 1.54) is 0 Å². The van der Waals surface area contributed by atoms with Crippen molar-refractivity contribution in [1.29, 1.82) is 0 Å². The van der Waals surface area contributed by atoms with E-state index in [0.29, 0.717) is 10.7 Å². The lowest BCUT2D eigenvalue weighted by Crippen LogP contribution is -2.37. The van der Waals surface area contributed by atoms with Gasteiger partial charge in [-0.15, -0.1) is 0 Å². The van der Waals surface area contributed by atoms with Crippen molar-refractivity contribution in [1.82, 2.24) is 10.2 Å². The van der Waals surface area contributed by atoms with Crippen LogP contribution in [-0.4, -0.2) is 42.2 Å². The molecule has 6 nitrogen and oxygen atoms in total. The van der Waals surface area contributed by atoms with Crippen LogP contribution in [0.5, 0.6) is 5.75 Å². The Bertz CT molecular complexity index is 954. The summed E-state index contributed by atoms with van der Waals surface area (Å²) in [7, 11) is 1.56. The van der Waals surface area contributed by atoms with E-state index in [-0.39, 0.29) is 36.6 Å². The monoisotopic (exact) mass is 410 g/mol. The third kappa shape index (κ3) is 5.26. The normalized spacial score (nSPS) is 15.1. The summed E-state index contributed by atoms with van der Waals surface area (Å²) < 4.78 is 5.24. The zero-order chi connectivity index (χ0) is 20.8. The number of imide groups is 1. The molecule has 0 aromatic heterocycles. The zero-order valence-electron chi connectivity index (χ0n) is 16.3. The van der Waals surface area contributed by atoms with Crippen LogP contribution >= 0.6 is 11.8 Å². The summed E-state index contributed by atoms with van der Waals surface area (Å²) in [5.41, 5.74) is 2.77. The maximum Gasteiger partial charge on any atom is 0.293 e. The van der Waals surface area contributed by atoms with Gasteiger partial charge in [-0.25, -0.2) is 0 Å². The van der Waals surface area contributed by atoms with Crippen molar-refractivity contribution < 1.29 is 19.1 Å². The van der Waals surface area contributed by atoms with Crippen LogP contribution in [0.4, 0.5) is 4.79 Å².